The molecule has 1 radical (unpaired) electrons. The summed E-state index contributed by atoms with van der Waals surface area (Å²) in [5.74, 6) is 0. The summed E-state index contributed by atoms with van der Waals surface area (Å²) in [6.45, 7) is 8.42. The van der Waals surface area contributed by atoms with E-state index in [0.29, 0.717) is 0 Å². The fourth-order valence-corrected chi connectivity index (χ4v) is 0.289. The van der Waals surface area contributed by atoms with Crippen LogP contribution in [-0.4, -0.2) is 0 Å². The molecule has 0 atom stereocenters. The Morgan fingerprint density at radius 3 is 1.50 bits per heavy atom. The predicted octanol–water partition coefficient (Wildman–Crippen LogP) is 2.56. The summed E-state index contributed by atoms with van der Waals surface area (Å²) < 4.78 is 0. The fourth-order valence-electron chi connectivity index (χ4n) is 0.289. The molecule has 0 fully saturated rings. The molecule has 0 aromatic carbocycles. The summed E-state index contributed by atoms with van der Waals surface area (Å²) in [7, 11) is 0. The molecule has 0 aliphatic heterocycles. The number of rotatable bonds is 1. The summed E-state index contributed by atoms with van der Waals surface area (Å²) >= 11 is 0. The van der Waals surface area contributed by atoms with Gasteiger partial charge in [0, 0.05) is 0 Å². The Bertz CT molecular complexity index is 78.4. The first-order valence-electron chi connectivity index (χ1n) is 2.62. The van der Waals surface area contributed by atoms with Crippen LogP contribution in [0.4, 0.5) is 0 Å². The second-order valence-corrected chi connectivity index (χ2v) is 1.97. The Labute approximate surface area is 65.1 Å². The van der Waals surface area contributed by atoms with Gasteiger partial charge in [-0.1, -0.05) is 6.92 Å². The van der Waals surface area contributed by atoms with E-state index in [0.717, 1.165) is 0 Å². The molecule has 0 saturated carbocycles. The van der Waals surface area contributed by atoms with Crippen molar-refractivity contribution >= 4 is 0 Å². The van der Waals surface area contributed by atoms with Crippen LogP contribution in [0.5, 0.6) is 0 Å². The van der Waals surface area contributed by atoms with E-state index in [1.807, 2.05) is 0 Å². The first-order chi connectivity index (χ1) is 3.18. The average molecular weight is 200 g/mol. The van der Waals surface area contributed by atoms with Gasteiger partial charge in [-0.05, 0) is 0 Å². The van der Waals surface area contributed by atoms with Gasteiger partial charge in [0.05, 0.1) is 0 Å². The summed E-state index contributed by atoms with van der Waals surface area (Å²) in [5, 5.41) is 0. The van der Waals surface area contributed by atoms with Crippen molar-refractivity contribution in [3.05, 3.63) is 17.6 Å². The van der Waals surface area contributed by atoms with Gasteiger partial charge in [0.2, 0.25) is 0 Å². The summed E-state index contributed by atoms with van der Waals surface area (Å²) in [6, 6.07) is 0. The minimum Gasteiger partial charge on any atom is -0.230 e. The molecule has 0 N–H and O–H groups in total. The Morgan fingerprint density at radius 2 is 1.50 bits per heavy atom. The molecule has 0 aliphatic carbocycles. The number of hydrogen-bond donors (Lipinski definition) is 0. The van der Waals surface area contributed by atoms with Crippen LogP contribution in [0, 0.1) is 6.42 Å². The number of hydrogen-bond acceptors (Lipinski definition) is 0. The molecule has 0 rings (SSSR count). The summed E-state index contributed by atoms with van der Waals surface area (Å²) in [5.41, 5.74) is 2.79. The van der Waals surface area contributed by atoms with Gasteiger partial charge in [0.25, 0.3) is 0 Å². The van der Waals surface area contributed by atoms with Crippen molar-refractivity contribution in [2.24, 2.45) is 0 Å². The Morgan fingerprint density at radius 1 is 1.12 bits per heavy atom. The standard InChI is InChI=1S/C7H13.Rh/c1-5-7(4)6(2)3;/h5H,1-4H3;/q-1;+2. The third-order valence-electron chi connectivity index (χ3n) is 1.22. The maximum Gasteiger partial charge on any atom is 2.00 e. The van der Waals surface area contributed by atoms with Crippen LogP contribution in [-0.2, 0) is 19.5 Å². The van der Waals surface area contributed by atoms with E-state index in [1.54, 1.807) is 0 Å². The average Bonchev–Trinajstić information content (AvgIpc) is 1.65. The zero-order chi connectivity index (χ0) is 5.86. The Hall–Kier alpha value is 0.233. The molecular formula is C7H13Rh+. The molecule has 0 aliphatic rings. The third-order valence-corrected chi connectivity index (χ3v) is 1.22. The molecule has 8 heavy (non-hydrogen) atoms. The van der Waals surface area contributed by atoms with Gasteiger partial charge in [0.1, 0.15) is 0 Å². The zero-order valence-corrected chi connectivity index (χ0v) is 7.55. The normalized spacial score (nSPS) is 7.00. The second kappa shape index (κ2) is 5.37. The molecule has 1 heteroatoms. The first-order valence-corrected chi connectivity index (χ1v) is 2.62. The largest absolute Gasteiger partial charge is 2.00 e. The van der Waals surface area contributed by atoms with Crippen LogP contribution in [0.15, 0.2) is 11.1 Å². The van der Waals surface area contributed by atoms with E-state index in [-0.39, 0.29) is 19.5 Å². The van der Waals surface area contributed by atoms with Gasteiger partial charge in [-0.3, -0.25) is 0 Å². The van der Waals surface area contributed by atoms with Gasteiger partial charge >= 0.3 is 19.5 Å². The maximum absolute atomic E-state index is 2.12. The summed E-state index contributed by atoms with van der Waals surface area (Å²) in [4.78, 5) is 0. The molecule has 0 aromatic heterocycles. The SMILES string of the molecule is C[CH-]C(C)=C(C)C.[Rh+2]. The molecule has 0 saturated heterocycles. The monoisotopic (exact) mass is 200 g/mol. The van der Waals surface area contributed by atoms with Crippen molar-refractivity contribution in [2.45, 2.75) is 27.7 Å². The van der Waals surface area contributed by atoms with E-state index in [1.165, 1.54) is 11.1 Å². The second-order valence-electron chi connectivity index (χ2n) is 1.97. The minimum absolute atomic E-state index is 0. The first kappa shape index (κ1) is 11.1. The van der Waals surface area contributed by atoms with Crippen LogP contribution in [0.1, 0.15) is 27.7 Å². The van der Waals surface area contributed by atoms with Crippen LogP contribution >= 0.6 is 0 Å². The van der Waals surface area contributed by atoms with E-state index in [9.17, 15) is 0 Å². The van der Waals surface area contributed by atoms with Crippen molar-refractivity contribution in [1.29, 1.82) is 0 Å². The van der Waals surface area contributed by atoms with Crippen LogP contribution in [0.25, 0.3) is 0 Å². The molecule has 0 spiro atoms. The van der Waals surface area contributed by atoms with Gasteiger partial charge in [-0.2, -0.15) is 0 Å². The van der Waals surface area contributed by atoms with E-state index < -0.39 is 0 Å². The van der Waals surface area contributed by atoms with Gasteiger partial charge in [-0.25, -0.2) is 17.6 Å². The number of allylic oxidation sites excluding steroid dienone is 2. The Kier molecular flexibility index (Phi) is 7.44. The molecule has 0 unspecified atom stereocenters. The predicted molar refractivity (Wildman–Crippen MR) is 34.0 cm³/mol. The quantitative estimate of drug-likeness (QED) is 0.450. The van der Waals surface area contributed by atoms with Gasteiger partial charge in [0.15, 0.2) is 0 Å². The third kappa shape index (κ3) is 4.39. The van der Waals surface area contributed by atoms with Crippen LogP contribution in [0.2, 0.25) is 0 Å². The molecule has 0 bridgehead atoms. The van der Waals surface area contributed by atoms with Crippen molar-refractivity contribution in [2.75, 3.05) is 0 Å². The van der Waals surface area contributed by atoms with Crippen molar-refractivity contribution < 1.29 is 19.5 Å². The molecular weight excluding hydrogens is 187 g/mol. The molecule has 0 heterocycles. The zero-order valence-electron chi connectivity index (χ0n) is 5.91. The van der Waals surface area contributed by atoms with Gasteiger partial charge in [-0.15, -0.1) is 20.8 Å². The van der Waals surface area contributed by atoms with E-state index in [4.69, 9.17) is 0 Å². The van der Waals surface area contributed by atoms with E-state index in [2.05, 4.69) is 34.1 Å². The van der Waals surface area contributed by atoms with Crippen LogP contribution in [0.3, 0.4) is 0 Å². The smallest absolute Gasteiger partial charge is 0.230 e. The maximum atomic E-state index is 2.12. The van der Waals surface area contributed by atoms with E-state index >= 15 is 0 Å². The van der Waals surface area contributed by atoms with Crippen molar-refractivity contribution in [1.82, 2.24) is 0 Å². The molecule has 0 aromatic rings. The van der Waals surface area contributed by atoms with Gasteiger partial charge < -0.3 is 0 Å². The topological polar surface area (TPSA) is 0 Å². The molecule has 0 nitrogen and oxygen atoms in total. The summed E-state index contributed by atoms with van der Waals surface area (Å²) in [6.07, 6.45) is 2.12. The minimum atomic E-state index is 0. The molecule has 0 amide bonds. The van der Waals surface area contributed by atoms with Crippen LogP contribution < -0.4 is 0 Å². The van der Waals surface area contributed by atoms with Crippen molar-refractivity contribution in [3.63, 3.8) is 0 Å². The molecule has 49 valence electrons. The fraction of sp³-hybridized carbons (Fsp3) is 0.571. The van der Waals surface area contributed by atoms with Crippen molar-refractivity contribution in [3.8, 4) is 0 Å². The Balaban J connectivity index is 0.